The minimum Gasteiger partial charge on any atom is -0.505 e. The average Bonchev–Trinajstić information content (AvgIpc) is 3.16. The Balaban J connectivity index is 1.53. The van der Waals surface area contributed by atoms with Crippen LogP contribution >= 0.6 is 0 Å². The van der Waals surface area contributed by atoms with Crippen molar-refractivity contribution >= 4 is 34.7 Å². The van der Waals surface area contributed by atoms with Crippen LogP contribution in [0.5, 0.6) is 5.75 Å². The molecule has 1 aliphatic rings. The zero-order valence-corrected chi connectivity index (χ0v) is 20.4. The first-order valence-corrected chi connectivity index (χ1v) is 11.8. The summed E-state index contributed by atoms with van der Waals surface area (Å²) in [6.45, 7) is 5.45. The third kappa shape index (κ3) is 4.98. The van der Waals surface area contributed by atoms with Crippen LogP contribution in [0, 0.1) is 0 Å². The first-order chi connectivity index (χ1) is 17.3. The van der Waals surface area contributed by atoms with E-state index in [1.807, 2.05) is 24.3 Å². The number of aliphatic carboxylic acids is 1. The number of hydrogen-bond donors (Lipinski definition) is 3. The molecule has 0 aliphatic carbocycles. The van der Waals surface area contributed by atoms with Gasteiger partial charge in [0.2, 0.25) is 0 Å². The zero-order valence-electron chi connectivity index (χ0n) is 20.4. The monoisotopic (exact) mass is 484 g/mol. The Morgan fingerprint density at radius 3 is 2.42 bits per heavy atom. The van der Waals surface area contributed by atoms with Gasteiger partial charge in [0.1, 0.15) is 5.75 Å². The van der Waals surface area contributed by atoms with E-state index in [1.165, 1.54) is 10.6 Å². The van der Waals surface area contributed by atoms with Crippen LogP contribution in [0.3, 0.4) is 0 Å². The van der Waals surface area contributed by atoms with E-state index in [0.717, 1.165) is 18.4 Å². The average molecular weight is 485 g/mol. The van der Waals surface area contributed by atoms with Crippen molar-refractivity contribution in [3.05, 3.63) is 77.9 Å². The lowest BCUT2D eigenvalue weighted by Crippen LogP contribution is -2.27. The van der Waals surface area contributed by atoms with E-state index < -0.39 is 11.9 Å². The maximum atomic E-state index is 13.0. The van der Waals surface area contributed by atoms with E-state index in [0.29, 0.717) is 28.2 Å². The van der Waals surface area contributed by atoms with Gasteiger partial charge in [-0.2, -0.15) is 15.2 Å². The predicted octanol–water partition coefficient (Wildman–Crippen LogP) is 5.39. The smallest absolute Gasteiger partial charge is 0.310 e. The Kier molecular flexibility index (Phi) is 7.15. The number of rotatable bonds is 8. The summed E-state index contributed by atoms with van der Waals surface area (Å²) in [5.74, 6) is -1.92. The summed E-state index contributed by atoms with van der Waals surface area (Å²) in [4.78, 5) is 24.2. The minimum absolute atomic E-state index is 0.0377. The number of amides is 1. The Bertz CT molecular complexity index is 1340. The van der Waals surface area contributed by atoms with Gasteiger partial charge >= 0.3 is 11.9 Å². The molecule has 1 amide bonds. The number of anilines is 2. The number of nitrogens with zero attached hydrogens (tertiary/aromatic N) is 3. The number of carbonyl (C=O) groups excluding carboxylic acids is 1. The molecule has 0 saturated heterocycles. The molecule has 184 valence electrons. The molecule has 3 aromatic rings. The third-order valence-corrected chi connectivity index (χ3v) is 6.12. The molecule has 8 heteroatoms. The van der Waals surface area contributed by atoms with Crippen molar-refractivity contribution in [1.82, 2.24) is 0 Å². The van der Waals surface area contributed by atoms with Crippen molar-refractivity contribution < 1.29 is 19.8 Å². The molecule has 0 fully saturated rings. The highest BCUT2D eigenvalue weighted by Gasteiger charge is 2.30. The summed E-state index contributed by atoms with van der Waals surface area (Å²) in [6, 6.07) is 19.9. The van der Waals surface area contributed by atoms with E-state index in [4.69, 9.17) is 0 Å². The SMILES string of the molecule is CCCc1ccc(N2N=C(C)/C(=N/Nc3cccc(-c4ccc(C(C)C(=O)O)cc4)c3O)C2=O)cc1. The van der Waals surface area contributed by atoms with Crippen LogP contribution in [-0.4, -0.2) is 33.5 Å². The van der Waals surface area contributed by atoms with Gasteiger partial charge in [0, 0.05) is 5.56 Å². The Morgan fingerprint density at radius 1 is 1.08 bits per heavy atom. The van der Waals surface area contributed by atoms with E-state index in [2.05, 4.69) is 22.6 Å². The van der Waals surface area contributed by atoms with Gasteiger partial charge in [-0.1, -0.05) is 61.9 Å². The topological polar surface area (TPSA) is 115 Å². The molecular weight excluding hydrogens is 456 g/mol. The Hall–Kier alpha value is -4.46. The molecule has 0 spiro atoms. The number of hydrazone groups is 2. The summed E-state index contributed by atoms with van der Waals surface area (Å²) in [7, 11) is 0. The summed E-state index contributed by atoms with van der Waals surface area (Å²) < 4.78 is 0. The first-order valence-electron chi connectivity index (χ1n) is 11.8. The number of carbonyl (C=O) groups is 2. The van der Waals surface area contributed by atoms with Gasteiger partial charge in [0.25, 0.3) is 0 Å². The van der Waals surface area contributed by atoms with Gasteiger partial charge in [0.05, 0.1) is 23.0 Å². The van der Waals surface area contributed by atoms with Crippen LogP contribution in [0.1, 0.15) is 44.2 Å². The molecule has 3 N–H and O–H groups in total. The summed E-state index contributed by atoms with van der Waals surface area (Å²) in [6.07, 6.45) is 2.02. The van der Waals surface area contributed by atoms with Crippen LogP contribution in [-0.2, 0) is 16.0 Å². The van der Waals surface area contributed by atoms with Gasteiger partial charge in [0.15, 0.2) is 5.71 Å². The van der Waals surface area contributed by atoms with Crippen LogP contribution < -0.4 is 10.4 Å². The maximum Gasteiger partial charge on any atom is 0.310 e. The number of carboxylic acid groups (broad SMARTS) is 1. The maximum absolute atomic E-state index is 13.0. The fourth-order valence-corrected chi connectivity index (χ4v) is 3.97. The number of hydrogen-bond acceptors (Lipinski definition) is 6. The molecule has 0 radical (unpaired) electrons. The molecule has 0 aromatic heterocycles. The number of nitrogens with one attached hydrogen (secondary N) is 1. The molecule has 0 bridgehead atoms. The van der Waals surface area contributed by atoms with Crippen molar-refractivity contribution in [3.63, 3.8) is 0 Å². The lowest BCUT2D eigenvalue weighted by Gasteiger charge is -2.13. The molecule has 3 aromatic carbocycles. The number of aromatic hydroxyl groups is 1. The molecule has 1 aliphatic heterocycles. The second-order valence-electron chi connectivity index (χ2n) is 8.67. The highest BCUT2D eigenvalue weighted by molar-refractivity contribution is 6.71. The number of aryl methyl sites for hydroxylation is 1. The van der Waals surface area contributed by atoms with E-state index >= 15 is 0 Å². The van der Waals surface area contributed by atoms with Crippen molar-refractivity contribution in [2.45, 2.75) is 39.5 Å². The molecule has 36 heavy (non-hydrogen) atoms. The molecule has 1 unspecified atom stereocenters. The van der Waals surface area contributed by atoms with Crippen LogP contribution in [0.25, 0.3) is 11.1 Å². The van der Waals surface area contributed by atoms with Crippen LogP contribution in [0.2, 0.25) is 0 Å². The summed E-state index contributed by atoms with van der Waals surface area (Å²) in [5, 5.41) is 30.0. The highest BCUT2D eigenvalue weighted by Crippen LogP contribution is 2.36. The fourth-order valence-electron chi connectivity index (χ4n) is 3.97. The van der Waals surface area contributed by atoms with E-state index in [9.17, 15) is 19.8 Å². The molecule has 1 heterocycles. The van der Waals surface area contributed by atoms with E-state index in [-0.39, 0.29) is 17.4 Å². The number of phenols is 1. The Labute approximate surface area is 209 Å². The molecule has 0 saturated carbocycles. The third-order valence-electron chi connectivity index (χ3n) is 6.12. The first kappa shape index (κ1) is 24.7. The van der Waals surface area contributed by atoms with Crippen molar-refractivity contribution in [2.75, 3.05) is 10.4 Å². The van der Waals surface area contributed by atoms with Crippen molar-refractivity contribution in [1.29, 1.82) is 0 Å². The lowest BCUT2D eigenvalue weighted by atomic mass is 9.97. The molecule has 8 nitrogen and oxygen atoms in total. The lowest BCUT2D eigenvalue weighted by molar-refractivity contribution is -0.138. The molecular formula is C28H28N4O4. The van der Waals surface area contributed by atoms with Crippen molar-refractivity contribution in [2.24, 2.45) is 10.2 Å². The summed E-state index contributed by atoms with van der Waals surface area (Å²) >= 11 is 0. The predicted molar refractivity (Wildman–Crippen MR) is 142 cm³/mol. The second-order valence-corrected chi connectivity index (χ2v) is 8.67. The van der Waals surface area contributed by atoms with Crippen molar-refractivity contribution in [3.8, 4) is 16.9 Å². The number of phenolic OH excluding ortho intramolecular Hbond substituents is 1. The normalized spacial score (nSPS) is 15.2. The number of para-hydroxylation sites is 1. The second kappa shape index (κ2) is 10.4. The molecule has 4 rings (SSSR count). The van der Waals surface area contributed by atoms with Gasteiger partial charge in [-0.15, -0.1) is 0 Å². The number of carboxylic acids is 1. The van der Waals surface area contributed by atoms with Crippen LogP contribution in [0.15, 0.2) is 76.9 Å². The molecule has 1 atom stereocenters. The standard InChI is InChI=1S/C28H28N4O4/c1-4-6-19-9-15-22(16-10-19)32-27(34)25(18(3)31-32)30-29-24-8-5-7-23(26(24)33)21-13-11-20(12-14-21)17(2)28(35)36/h5,7-17,29,33H,4,6H2,1-3H3,(H,35,36)/b30-25-. The van der Waals surface area contributed by atoms with Gasteiger partial charge in [-0.05, 0) is 55.2 Å². The largest absolute Gasteiger partial charge is 0.505 e. The highest BCUT2D eigenvalue weighted by atomic mass is 16.4. The summed E-state index contributed by atoms with van der Waals surface area (Å²) in [5.41, 5.74) is 7.55. The fraction of sp³-hybridized carbons (Fsp3) is 0.214. The van der Waals surface area contributed by atoms with Gasteiger partial charge in [-0.3, -0.25) is 15.0 Å². The zero-order chi connectivity index (χ0) is 25.8. The van der Waals surface area contributed by atoms with Crippen LogP contribution in [0.4, 0.5) is 11.4 Å². The van der Waals surface area contributed by atoms with Gasteiger partial charge in [-0.25, -0.2) is 0 Å². The van der Waals surface area contributed by atoms with E-state index in [1.54, 1.807) is 56.3 Å². The number of benzene rings is 3. The Morgan fingerprint density at radius 2 is 1.78 bits per heavy atom. The van der Waals surface area contributed by atoms with Gasteiger partial charge < -0.3 is 10.2 Å². The minimum atomic E-state index is -0.900. The quantitative estimate of drug-likeness (QED) is 0.293.